The van der Waals surface area contributed by atoms with Crippen molar-refractivity contribution in [1.29, 1.82) is 0 Å². The highest BCUT2D eigenvalue weighted by molar-refractivity contribution is 7.26. The zero-order valence-corrected chi connectivity index (χ0v) is 37.6. The number of rotatable bonds is 6. The van der Waals surface area contributed by atoms with E-state index in [0.29, 0.717) is 5.82 Å². The van der Waals surface area contributed by atoms with E-state index in [1.54, 1.807) is 0 Å². The van der Waals surface area contributed by atoms with Crippen LogP contribution in [0.15, 0.2) is 237 Å². The van der Waals surface area contributed by atoms with Crippen molar-refractivity contribution in [2.45, 2.75) is 0 Å². The molecule has 3 aromatic heterocycles. The van der Waals surface area contributed by atoms with Gasteiger partial charge in [-0.15, -0.1) is 11.3 Å². The van der Waals surface area contributed by atoms with Crippen LogP contribution in [-0.4, -0.2) is 14.5 Å². The molecule has 0 N–H and O–H groups in total. The van der Waals surface area contributed by atoms with Crippen molar-refractivity contribution in [3.8, 4) is 61.8 Å². The summed E-state index contributed by atoms with van der Waals surface area (Å²) in [6.45, 7) is 0. The molecule has 0 amide bonds. The number of hydrogen-bond donors (Lipinski definition) is 0. The largest absolute Gasteiger partial charge is 0.309 e. The van der Waals surface area contributed by atoms with E-state index in [4.69, 9.17) is 9.97 Å². The maximum atomic E-state index is 5.57. The van der Waals surface area contributed by atoms with Crippen molar-refractivity contribution in [3.05, 3.63) is 237 Å². The standard InChI is InChI=1S/C64H39N3S/c1-3-16-40(17-4-1)43-31-33-53-52-24-11-13-28-60(52)67(61(53)38-43)46-35-44(42-30-32-51-49-22-8-7-20-47(49)48-21-9-10-23-50(48)57(51)37-42)34-45(36-46)64-65-58(41-18-5-2-6-19-41)39-59(66-64)56-27-15-26-55-54-25-12-14-29-62(54)68-63(55)56/h1-39H. The Labute approximate surface area is 396 Å². The number of thiophene rings is 1. The third-order valence-electron chi connectivity index (χ3n) is 13.8. The summed E-state index contributed by atoms with van der Waals surface area (Å²) in [4.78, 5) is 11.0. The first-order chi connectivity index (χ1) is 33.7. The highest BCUT2D eigenvalue weighted by atomic mass is 32.1. The molecule has 11 aromatic carbocycles. The van der Waals surface area contributed by atoms with Gasteiger partial charge in [0.05, 0.1) is 22.4 Å². The minimum atomic E-state index is 0.672. The predicted molar refractivity (Wildman–Crippen MR) is 289 cm³/mol. The normalized spacial score (nSPS) is 11.8. The Morgan fingerprint density at radius 3 is 1.59 bits per heavy atom. The van der Waals surface area contributed by atoms with Crippen LogP contribution >= 0.6 is 11.3 Å². The molecule has 0 aliphatic heterocycles. The van der Waals surface area contributed by atoms with Crippen molar-refractivity contribution >= 4 is 85.6 Å². The zero-order valence-electron chi connectivity index (χ0n) is 36.8. The predicted octanol–water partition coefficient (Wildman–Crippen LogP) is 17.7. The van der Waals surface area contributed by atoms with E-state index in [0.717, 1.165) is 55.9 Å². The molecule has 0 fully saturated rings. The van der Waals surface area contributed by atoms with Crippen molar-refractivity contribution in [2.24, 2.45) is 0 Å². The summed E-state index contributed by atoms with van der Waals surface area (Å²) in [6.07, 6.45) is 0. The van der Waals surface area contributed by atoms with Gasteiger partial charge in [-0.3, -0.25) is 0 Å². The van der Waals surface area contributed by atoms with E-state index in [2.05, 4.69) is 241 Å². The van der Waals surface area contributed by atoms with Gasteiger partial charge in [-0.25, -0.2) is 9.97 Å². The van der Waals surface area contributed by atoms with Crippen molar-refractivity contribution in [3.63, 3.8) is 0 Å². The van der Waals surface area contributed by atoms with Crippen LogP contribution in [0.5, 0.6) is 0 Å². The van der Waals surface area contributed by atoms with Gasteiger partial charge in [0, 0.05) is 53.3 Å². The van der Waals surface area contributed by atoms with E-state index < -0.39 is 0 Å². The molecule has 316 valence electrons. The molecule has 14 rings (SSSR count). The van der Waals surface area contributed by atoms with E-state index in [1.165, 1.54) is 74.4 Å². The molecule has 0 aliphatic carbocycles. The number of fused-ring (bicyclic) bond motifs is 12. The van der Waals surface area contributed by atoms with Gasteiger partial charge in [0.15, 0.2) is 5.82 Å². The highest BCUT2D eigenvalue weighted by Crippen LogP contribution is 2.43. The molecule has 0 aliphatic rings. The van der Waals surface area contributed by atoms with Crippen LogP contribution in [0.1, 0.15) is 0 Å². The molecule has 0 spiro atoms. The Balaban J connectivity index is 1.06. The lowest BCUT2D eigenvalue weighted by Crippen LogP contribution is -1.99. The Kier molecular flexibility index (Phi) is 8.76. The van der Waals surface area contributed by atoms with Crippen LogP contribution < -0.4 is 0 Å². The van der Waals surface area contributed by atoms with Crippen molar-refractivity contribution in [2.75, 3.05) is 0 Å². The molecule has 0 radical (unpaired) electrons. The molecule has 4 heteroatoms. The second kappa shape index (κ2) is 15.5. The third-order valence-corrected chi connectivity index (χ3v) is 15.0. The lowest BCUT2D eigenvalue weighted by atomic mass is 9.91. The van der Waals surface area contributed by atoms with E-state index in [9.17, 15) is 0 Å². The maximum Gasteiger partial charge on any atom is 0.160 e. The molecule has 3 heterocycles. The Hall–Kier alpha value is -8.70. The molecule has 0 atom stereocenters. The van der Waals surface area contributed by atoms with Crippen LogP contribution in [0.4, 0.5) is 0 Å². The molecule has 0 saturated heterocycles. The molecule has 0 unspecified atom stereocenters. The smallest absolute Gasteiger partial charge is 0.160 e. The van der Waals surface area contributed by atoms with E-state index >= 15 is 0 Å². The van der Waals surface area contributed by atoms with Crippen LogP contribution in [0.2, 0.25) is 0 Å². The maximum absolute atomic E-state index is 5.57. The number of nitrogens with zero attached hydrogens (tertiary/aromatic N) is 3. The number of benzene rings is 11. The van der Waals surface area contributed by atoms with E-state index in [1.807, 2.05) is 11.3 Å². The van der Waals surface area contributed by atoms with Gasteiger partial charge in [-0.1, -0.05) is 188 Å². The summed E-state index contributed by atoms with van der Waals surface area (Å²) >= 11 is 1.83. The first kappa shape index (κ1) is 38.6. The number of aromatic nitrogens is 3. The molecular weight excluding hydrogens is 843 g/mol. The van der Waals surface area contributed by atoms with Gasteiger partial charge in [0.25, 0.3) is 0 Å². The Morgan fingerprint density at radius 2 is 0.838 bits per heavy atom. The van der Waals surface area contributed by atoms with Crippen LogP contribution in [-0.2, 0) is 0 Å². The van der Waals surface area contributed by atoms with Crippen LogP contribution in [0, 0.1) is 0 Å². The summed E-state index contributed by atoms with van der Waals surface area (Å²) < 4.78 is 4.93. The van der Waals surface area contributed by atoms with Gasteiger partial charge in [0.2, 0.25) is 0 Å². The Bertz CT molecular complexity index is 4280. The monoisotopic (exact) mass is 881 g/mol. The SMILES string of the molecule is c1ccc(-c2ccc3c4ccccc4n(-c4cc(-c5ccc6c7ccccc7c7ccccc7c6c5)cc(-c5nc(-c6ccccc6)cc(-c6cccc7c6sc6ccccc67)n5)c4)c3c2)cc1. The fourth-order valence-electron chi connectivity index (χ4n) is 10.6. The van der Waals surface area contributed by atoms with Crippen molar-refractivity contribution in [1.82, 2.24) is 14.5 Å². The van der Waals surface area contributed by atoms with Gasteiger partial charge < -0.3 is 4.57 Å². The lowest BCUT2D eigenvalue weighted by Gasteiger charge is -2.16. The van der Waals surface area contributed by atoms with Crippen LogP contribution in [0.3, 0.4) is 0 Å². The lowest BCUT2D eigenvalue weighted by molar-refractivity contribution is 1.16. The average molecular weight is 882 g/mol. The van der Waals surface area contributed by atoms with Gasteiger partial charge >= 0.3 is 0 Å². The number of para-hydroxylation sites is 1. The van der Waals surface area contributed by atoms with Gasteiger partial charge in [0.1, 0.15) is 0 Å². The molecular formula is C64H39N3S. The minimum absolute atomic E-state index is 0.672. The molecule has 14 aromatic rings. The summed E-state index contributed by atoms with van der Waals surface area (Å²) in [6, 6.07) is 85.9. The average Bonchev–Trinajstić information content (AvgIpc) is 3.97. The highest BCUT2D eigenvalue weighted by Gasteiger charge is 2.20. The van der Waals surface area contributed by atoms with Gasteiger partial charge in [-0.2, -0.15) is 0 Å². The quantitative estimate of drug-likeness (QED) is 0.156. The first-order valence-electron chi connectivity index (χ1n) is 23.1. The van der Waals surface area contributed by atoms with Gasteiger partial charge in [-0.05, 0) is 103 Å². The molecule has 68 heavy (non-hydrogen) atoms. The van der Waals surface area contributed by atoms with Crippen LogP contribution in [0.25, 0.3) is 136 Å². The van der Waals surface area contributed by atoms with E-state index in [-0.39, 0.29) is 0 Å². The second-order valence-corrected chi connectivity index (χ2v) is 18.7. The van der Waals surface area contributed by atoms with Crippen molar-refractivity contribution < 1.29 is 0 Å². The molecule has 3 nitrogen and oxygen atoms in total. The fraction of sp³-hybridized carbons (Fsp3) is 0. The third kappa shape index (κ3) is 6.19. The summed E-state index contributed by atoms with van der Waals surface area (Å²) in [5, 5.41) is 12.4. The zero-order chi connectivity index (χ0) is 44.7. The number of hydrogen-bond acceptors (Lipinski definition) is 3. The topological polar surface area (TPSA) is 30.7 Å². The molecule has 0 bridgehead atoms. The molecule has 0 saturated carbocycles. The summed E-state index contributed by atoms with van der Waals surface area (Å²) in [5.74, 6) is 0.672. The minimum Gasteiger partial charge on any atom is -0.309 e. The Morgan fingerprint density at radius 1 is 0.294 bits per heavy atom. The second-order valence-electron chi connectivity index (χ2n) is 17.7. The fourth-order valence-corrected chi connectivity index (χ4v) is 11.8. The summed E-state index contributed by atoms with van der Waals surface area (Å²) in [5.41, 5.74) is 12.8. The first-order valence-corrected chi connectivity index (χ1v) is 24.0. The summed E-state index contributed by atoms with van der Waals surface area (Å²) in [7, 11) is 0.